The fraction of sp³-hybridized carbons (Fsp3) is 0.0909. The molecular weight excluding hydrogens is 257 g/mol. The Morgan fingerprint density at radius 1 is 1.53 bits per heavy atom. The van der Waals surface area contributed by atoms with Crippen molar-refractivity contribution in [2.24, 2.45) is 0 Å². The summed E-state index contributed by atoms with van der Waals surface area (Å²) in [5, 5.41) is 23.4. The van der Waals surface area contributed by atoms with E-state index in [1.165, 1.54) is 13.0 Å². The first-order chi connectivity index (χ1) is 8.90. The van der Waals surface area contributed by atoms with Crippen LogP contribution in [-0.4, -0.2) is 25.8 Å². The normalized spacial score (nSPS) is 10.4. The van der Waals surface area contributed by atoms with Crippen molar-refractivity contribution in [3.05, 3.63) is 51.6 Å². The van der Waals surface area contributed by atoms with Crippen molar-refractivity contribution in [1.82, 2.24) is 9.78 Å². The van der Waals surface area contributed by atoms with Crippen LogP contribution in [0.2, 0.25) is 0 Å². The topological polar surface area (TPSA) is 98.3 Å². The van der Waals surface area contributed by atoms with Gasteiger partial charge in [0, 0.05) is 6.20 Å². The fourth-order valence-electron chi connectivity index (χ4n) is 1.55. The molecule has 7 nitrogen and oxygen atoms in total. The molecule has 2 aromatic rings. The van der Waals surface area contributed by atoms with E-state index >= 15 is 0 Å². The van der Waals surface area contributed by atoms with Crippen molar-refractivity contribution in [3.8, 4) is 5.69 Å². The number of rotatable bonds is 3. The molecule has 0 aliphatic rings. The van der Waals surface area contributed by atoms with Crippen LogP contribution in [0.15, 0.2) is 24.5 Å². The first-order valence-corrected chi connectivity index (χ1v) is 5.13. The average molecular weight is 265 g/mol. The van der Waals surface area contributed by atoms with Crippen LogP contribution in [0.5, 0.6) is 0 Å². The zero-order chi connectivity index (χ0) is 14.2. The number of hydrogen-bond acceptors (Lipinski definition) is 4. The monoisotopic (exact) mass is 265 g/mol. The van der Waals surface area contributed by atoms with Gasteiger partial charge in [-0.25, -0.2) is 13.9 Å². The summed E-state index contributed by atoms with van der Waals surface area (Å²) in [6, 6.07) is 2.03. The van der Waals surface area contributed by atoms with Gasteiger partial charge in [0.25, 0.3) is 5.69 Å². The van der Waals surface area contributed by atoms with E-state index in [1.807, 2.05) is 0 Å². The number of aryl methyl sites for hydroxylation is 1. The van der Waals surface area contributed by atoms with Crippen LogP contribution in [0.1, 0.15) is 15.9 Å². The lowest BCUT2D eigenvalue weighted by molar-refractivity contribution is -0.384. The Kier molecular flexibility index (Phi) is 2.99. The van der Waals surface area contributed by atoms with Crippen LogP contribution >= 0.6 is 0 Å². The predicted octanol–water partition coefficient (Wildman–Crippen LogP) is 1.93. The van der Waals surface area contributed by atoms with Crippen LogP contribution in [-0.2, 0) is 0 Å². The third-order valence-corrected chi connectivity index (χ3v) is 2.53. The molecule has 0 saturated heterocycles. The van der Waals surface area contributed by atoms with Gasteiger partial charge >= 0.3 is 5.97 Å². The molecule has 0 radical (unpaired) electrons. The summed E-state index contributed by atoms with van der Waals surface area (Å²) in [5.74, 6) is -1.91. The summed E-state index contributed by atoms with van der Waals surface area (Å²) in [4.78, 5) is 20.9. The van der Waals surface area contributed by atoms with Crippen molar-refractivity contribution in [1.29, 1.82) is 0 Å². The first-order valence-electron chi connectivity index (χ1n) is 5.13. The zero-order valence-electron chi connectivity index (χ0n) is 9.70. The lowest BCUT2D eigenvalue weighted by Gasteiger charge is -2.05. The van der Waals surface area contributed by atoms with E-state index < -0.39 is 22.4 Å². The maximum atomic E-state index is 13.3. The molecule has 0 amide bonds. The summed E-state index contributed by atoms with van der Waals surface area (Å²) in [6.07, 6.45) is 2.19. The van der Waals surface area contributed by atoms with Gasteiger partial charge in [0.05, 0.1) is 22.7 Å². The van der Waals surface area contributed by atoms with Gasteiger partial charge < -0.3 is 5.11 Å². The molecule has 19 heavy (non-hydrogen) atoms. The number of aromatic nitrogens is 2. The highest BCUT2D eigenvalue weighted by molar-refractivity contribution is 5.87. The minimum atomic E-state index is -1.20. The number of carboxylic acids is 1. The number of carboxylic acid groups (broad SMARTS) is 1. The smallest absolute Gasteiger partial charge is 0.338 e. The number of nitro benzene ring substituents is 1. The molecule has 1 heterocycles. The minimum Gasteiger partial charge on any atom is -0.478 e. The summed E-state index contributed by atoms with van der Waals surface area (Å²) in [5.41, 5.74) is -0.385. The van der Waals surface area contributed by atoms with E-state index in [0.717, 1.165) is 23.1 Å². The van der Waals surface area contributed by atoms with Crippen molar-refractivity contribution >= 4 is 11.7 Å². The predicted molar refractivity (Wildman–Crippen MR) is 61.9 cm³/mol. The molecule has 0 unspecified atom stereocenters. The largest absolute Gasteiger partial charge is 0.478 e. The molecule has 0 fully saturated rings. The lowest BCUT2D eigenvalue weighted by atomic mass is 10.2. The molecule has 0 bridgehead atoms. The van der Waals surface area contributed by atoms with Crippen molar-refractivity contribution in [2.45, 2.75) is 6.92 Å². The fourth-order valence-corrected chi connectivity index (χ4v) is 1.55. The maximum Gasteiger partial charge on any atom is 0.338 e. The molecule has 0 atom stereocenters. The highest BCUT2D eigenvalue weighted by Crippen LogP contribution is 2.25. The second kappa shape index (κ2) is 4.48. The van der Waals surface area contributed by atoms with Gasteiger partial charge in [-0.2, -0.15) is 5.10 Å². The second-order valence-corrected chi connectivity index (χ2v) is 3.83. The van der Waals surface area contributed by atoms with E-state index in [9.17, 15) is 19.3 Å². The number of nitro groups is 1. The van der Waals surface area contributed by atoms with Crippen LogP contribution in [0, 0.1) is 22.9 Å². The Morgan fingerprint density at radius 2 is 2.21 bits per heavy atom. The summed E-state index contributed by atoms with van der Waals surface area (Å²) in [6.45, 7) is 1.45. The Morgan fingerprint density at radius 3 is 2.74 bits per heavy atom. The number of nitrogens with zero attached hydrogens (tertiary/aromatic N) is 3. The molecule has 98 valence electrons. The Balaban J connectivity index is 2.62. The molecule has 2 rings (SSSR count). The third kappa shape index (κ3) is 2.28. The van der Waals surface area contributed by atoms with Gasteiger partial charge in [0.1, 0.15) is 11.5 Å². The summed E-state index contributed by atoms with van der Waals surface area (Å²) < 4.78 is 14.4. The lowest BCUT2D eigenvalue weighted by Crippen LogP contribution is -2.03. The van der Waals surface area contributed by atoms with E-state index in [1.54, 1.807) is 0 Å². The highest BCUT2D eigenvalue weighted by Gasteiger charge is 2.20. The molecule has 0 aliphatic carbocycles. The number of hydrogen-bond donors (Lipinski definition) is 1. The van der Waals surface area contributed by atoms with Gasteiger partial charge in [-0.15, -0.1) is 0 Å². The molecule has 1 aromatic heterocycles. The third-order valence-electron chi connectivity index (χ3n) is 2.53. The van der Waals surface area contributed by atoms with Crippen LogP contribution in [0.3, 0.4) is 0 Å². The SMILES string of the molecule is Cc1cc(-n2cc(C(=O)O)cn2)c([N+](=O)[O-])cc1F. The molecular formula is C11H8FN3O4. The Bertz CT molecular complexity index is 681. The van der Waals surface area contributed by atoms with E-state index in [-0.39, 0.29) is 16.8 Å². The summed E-state index contributed by atoms with van der Waals surface area (Å²) in [7, 11) is 0. The molecule has 1 aromatic carbocycles. The van der Waals surface area contributed by atoms with E-state index in [2.05, 4.69) is 5.10 Å². The standard InChI is InChI=1S/C11H8FN3O4/c1-6-2-9(10(15(18)19)3-8(6)12)14-5-7(4-13-14)11(16)17/h2-5H,1H3,(H,16,17). The first kappa shape index (κ1) is 12.7. The molecule has 8 heteroatoms. The van der Waals surface area contributed by atoms with Crippen LogP contribution in [0.25, 0.3) is 5.69 Å². The summed E-state index contributed by atoms with van der Waals surface area (Å²) >= 11 is 0. The van der Waals surface area contributed by atoms with Crippen LogP contribution < -0.4 is 0 Å². The van der Waals surface area contributed by atoms with Gasteiger partial charge in [0.2, 0.25) is 0 Å². The number of halogens is 1. The zero-order valence-corrected chi connectivity index (χ0v) is 9.70. The van der Waals surface area contributed by atoms with E-state index in [0.29, 0.717) is 0 Å². The number of carbonyl (C=O) groups is 1. The minimum absolute atomic E-state index is 0.0106. The Labute approximate surface area is 106 Å². The second-order valence-electron chi connectivity index (χ2n) is 3.83. The van der Waals surface area contributed by atoms with Gasteiger partial charge in [-0.3, -0.25) is 10.1 Å². The van der Waals surface area contributed by atoms with Crippen molar-refractivity contribution in [2.75, 3.05) is 0 Å². The molecule has 0 saturated carbocycles. The van der Waals surface area contributed by atoms with Gasteiger partial charge in [-0.05, 0) is 18.6 Å². The van der Waals surface area contributed by atoms with Crippen molar-refractivity contribution < 1.29 is 19.2 Å². The molecule has 0 spiro atoms. The van der Waals surface area contributed by atoms with Crippen LogP contribution in [0.4, 0.5) is 10.1 Å². The van der Waals surface area contributed by atoms with E-state index in [4.69, 9.17) is 5.11 Å². The molecule has 0 aliphatic heterocycles. The Hall–Kier alpha value is -2.77. The van der Waals surface area contributed by atoms with Gasteiger partial charge in [0.15, 0.2) is 0 Å². The van der Waals surface area contributed by atoms with Crippen molar-refractivity contribution in [3.63, 3.8) is 0 Å². The quantitative estimate of drug-likeness (QED) is 0.675. The highest BCUT2D eigenvalue weighted by atomic mass is 19.1. The molecule has 1 N–H and O–H groups in total. The number of aromatic carboxylic acids is 1. The maximum absolute atomic E-state index is 13.3. The average Bonchev–Trinajstić information content (AvgIpc) is 2.81. The number of benzene rings is 1. The van der Waals surface area contributed by atoms with Gasteiger partial charge in [-0.1, -0.05) is 0 Å².